The highest BCUT2D eigenvalue weighted by Gasteiger charge is 2.24. The van der Waals surface area contributed by atoms with E-state index in [1.165, 1.54) is 22.4 Å². The number of aryl methyl sites for hydroxylation is 2. The second-order valence-electron chi connectivity index (χ2n) is 6.65. The fourth-order valence-corrected chi connectivity index (χ4v) is 3.86. The molecule has 1 aromatic heterocycles. The summed E-state index contributed by atoms with van der Waals surface area (Å²) in [6.07, 6.45) is 5.55. The van der Waals surface area contributed by atoms with E-state index in [2.05, 4.69) is 53.0 Å². The van der Waals surface area contributed by atoms with Crippen molar-refractivity contribution in [1.29, 1.82) is 0 Å². The minimum atomic E-state index is 0.963. The quantitative estimate of drug-likeness (QED) is 0.801. The average molecular weight is 308 g/mol. The van der Waals surface area contributed by atoms with Gasteiger partial charge >= 0.3 is 0 Å². The maximum atomic E-state index is 5.50. The summed E-state index contributed by atoms with van der Waals surface area (Å²) in [4.78, 5) is 2.42. The number of ether oxygens (including phenoxy) is 1. The fourth-order valence-electron chi connectivity index (χ4n) is 3.86. The van der Waals surface area contributed by atoms with Gasteiger partial charge < -0.3 is 14.2 Å². The molecule has 2 aliphatic rings. The van der Waals surface area contributed by atoms with Gasteiger partial charge in [-0.3, -0.25) is 0 Å². The molecule has 0 unspecified atom stereocenters. The molecule has 0 bridgehead atoms. The first-order valence-electron chi connectivity index (χ1n) is 8.49. The number of benzene rings is 1. The van der Waals surface area contributed by atoms with Crippen molar-refractivity contribution in [3.8, 4) is 5.75 Å². The van der Waals surface area contributed by atoms with Crippen LogP contribution in [0.25, 0.3) is 5.57 Å². The maximum Gasteiger partial charge on any atom is 0.137 e. The summed E-state index contributed by atoms with van der Waals surface area (Å²) in [5.41, 5.74) is 7.27. The first-order chi connectivity index (χ1) is 11.3. The Morgan fingerprint density at radius 2 is 1.78 bits per heavy atom. The molecule has 3 heteroatoms. The summed E-state index contributed by atoms with van der Waals surface area (Å²) in [5, 5.41) is 0. The van der Waals surface area contributed by atoms with Crippen LogP contribution in [0.2, 0.25) is 0 Å². The van der Waals surface area contributed by atoms with E-state index in [0.717, 1.165) is 44.6 Å². The second kappa shape index (κ2) is 5.89. The third kappa shape index (κ3) is 2.59. The van der Waals surface area contributed by atoms with Crippen LogP contribution in [-0.4, -0.2) is 36.7 Å². The zero-order valence-electron chi connectivity index (χ0n) is 14.0. The monoisotopic (exact) mass is 308 g/mol. The lowest BCUT2D eigenvalue weighted by Crippen LogP contribution is -2.27. The van der Waals surface area contributed by atoms with Crippen molar-refractivity contribution < 1.29 is 4.74 Å². The largest absolute Gasteiger partial charge is 0.495 e. The Balaban J connectivity index is 1.91. The molecule has 2 aliphatic heterocycles. The minimum absolute atomic E-state index is 0.963. The molecular weight excluding hydrogens is 284 g/mol. The Morgan fingerprint density at radius 3 is 2.57 bits per heavy atom. The molecule has 23 heavy (non-hydrogen) atoms. The molecule has 0 spiro atoms. The third-order valence-electron chi connectivity index (χ3n) is 5.22. The van der Waals surface area contributed by atoms with Crippen LogP contribution in [0, 0.1) is 0 Å². The lowest BCUT2D eigenvalue weighted by molar-refractivity contribution is 0.313. The molecule has 4 rings (SSSR count). The summed E-state index contributed by atoms with van der Waals surface area (Å²) >= 11 is 0. The number of hydrogen-bond acceptors (Lipinski definition) is 2. The van der Waals surface area contributed by atoms with E-state index < -0.39 is 0 Å². The number of likely N-dealkylation sites (tertiary alicyclic amines) is 1. The SMILES string of the molecule is COc1cc2n(c1)CCc1ccccc1C2=C1CCN(C)CC1. The van der Waals surface area contributed by atoms with Gasteiger partial charge in [-0.05, 0) is 37.4 Å². The number of methoxy groups -OCH3 is 1. The molecule has 1 aromatic carbocycles. The topological polar surface area (TPSA) is 17.4 Å². The lowest BCUT2D eigenvalue weighted by atomic mass is 9.89. The van der Waals surface area contributed by atoms with Gasteiger partial charge in [0.2, 0.25) is 0 Å². The van der Waals surface area contributed by atoms with Crippen LogP contribution in [0.5, 0.6) is 5.75 Å². The van der Waals surface area contributed by atoms with Gasteiger partial charge in [0.1, 0.15) is 5.75 Å². The summed E-state index contributed by atoms with van der Waals surface area (Å²) in [6, 6.07) is 11.1. The first kappa shape index (κ1) is 14.6. The molecule has 0 N–H and O–H groups in total. The molecule has 3 heterocycles. The van der Waals surface area contributed by atoms with E-state index in [1.807, 2.05) is 0 Å². The lowest BCUT2D eigenvalue weighted by Gasteiger charge is -2.27. The molecular formula is C20H24N2O. The molecule has 1 saturated heterocycles. The number of nitrogens with zero attached hydrogens (tertiary/aromatic N) is 2. The van der Waals surface area contributed by atoms with Crippen molar-refractivity contribution in [1.82, 2.24) is 9.47 Å². The van der Waals surface area contributed by atoms with Crippen molar-refractivity contribution in [3.05, 3.63) is 58.9 Å². The molecule has 0 aliphatic carbocycles. The number of aromatic nitrogens is 1. The van der Waals surface area contributed by atoms with Crippen molar-refractivity contribution in [3.63, 3.8) is 0 Å². The highest BCUT2D eigenvalue weighted by molar-refractivity contribution is 5.83. The van der Waals surface area contributed by atoms with Crippen molar-refractivity contribution in [2.75, 3.05) is 27.2 Å². The van der Waals surface area contributed by atoms with Gasteiger partial charge in [0.05, 0.1) is 12.8 Å². The molecule has 0 atom stereocenters. The van der Waals surface area contributed by atoms with E-state index in [1.54, 1.807) is 12.7 Å². The van der Waals surface area contributed by atoms with Gasteiger partial charge in [-0.1, -0.05) is 29.8 Å². The molecule has 0 amide bonds. The zero-order chi connectivity index (χ0) is 15.8. The molecule has 120 valence electrons. The van der Waals surface area contributed by atoms with Gasteiger partial charge in [-0.25, -0.2) is 0 Å². The summed E-state index contributed by atoms with van der Waals surface area (Å²) < 4.78 is 7.87. The first-order valence-corrected chi connectivity index (χ1v) is 8.49. The zero-order valence-corrected chi connectivity index (χ0v) is 14.0. The van der Waals surface area contributed by atoms with E-state index >= 15 is 0 Å². The van der Waals surface area contributed by atoms with Gasteiger partial charge in [0.25, 0.3) is 0 Å². The highest BCUT2D eigenvalue weighted by Crippen LogP contribution is 2.38. The number of fused-ring (bicyclic) bond motifs is 2. The van der Waals surface area contributed by atoms with Crippen LogP contribution in [0.4, 0.5) is 0 Å². The number of rotatable bonds is 1. The molecule has 1 fully saturated rings. The van der Waals surface area contributed by atoms with Crippen LogP contribution in [0.3, 0.4) is 0 Å². The molecule has 0 saturated carbocycles. The maximum absolute atomic E-state index is 5.50. The Kier molecular flexibility index (Phi) is 3.74. The predicted molar refractivity (Wildman–Crippen MR) is 93.9 cm³/mol. The second-order valence-corrected chi connectivity index (χ2v) is 6.65. The fraction of sp³-hybridized carbons (Fsp3) is 0.400. The van der Waals surface area contributed by atoms with Crippen molar-refractivity contribution in [2.24, 2.45) is 0 Å². The summed E-state index contributed by atoms with van der Waals surface area (Å²) in [5.74, 6) is 0.963. The highest BCUT2D eigenvalue weighted by atomic mass is 16.5. The van der Waals surface area contributed by atoms with Crippen LogP contribution >= 0.6 is 0 Å². The number of piperidine rings is 1. The van der Waals surface area contributed by atoms with Gasteiger partial charge in [0.15, 0.2) is 0 Å². The normalized spacial score (nSPS) is 18.3. The standard InChI is InChI=1S/C20H24N2O/c1-21-10-7-16(8-11-21)20-18-6-4-3-5-15(18)9-12-22-14-17(23-2)13-19(20)22/h3-6,13-14H,7-12H2,1-2H3. The molecule has 0 radical (unpaired) electrons. The van der Waals surface area contributed by atoms with Crippen molar-refractivity contribution >= 4 is 5.57 Å². The summed E-state index contributed by atoms with van der Waals surface area (Å²) in [7, 11) is 3.97. The van der Waals surface area contributed by atoms with Crippen LogP contribution in [0.15, 0.2) is 42.1 Å². The Hall–Kier alpha value is -2.00. The predicted octanol–water partition coefficient (Wildman–Crippen LogP) is 3.58. The summed E-state index contributed by atoms with van der Waals surface area (Å²) in [6.45, 7) is 3.32. The Morgan fingerprint density at radius 1 is 1.00 bits per heavy atom. The van der Waals surface area contributed by atoms with Gasteiger partial charge in [-0.15, -0.1) is 0 Å². The van der Waals surface area contributed by atoms with Crippen LogP contribution in [0.1, 0.15) is 29.7 Å². The molecule has 3 nitrogen and oxygen atoms in total. The van der Waals surface area contributed by atoms with E-state index in [0.29, 0.717) is 0 Å². The van der Waals surface area contributed by atoms with Crippen LogP contribution in [-0.2, 0) is 13.0 Å². The van der Waals surface area contributed by atoms with Crippen LogP contribution < -0.4 is 4.74 Å². The Labute approximate surface area is 138 Å². The number of hydrogen-bond donors (Lipinski definition) is 0. The van der Waals surface area contributed by atoms with E-state index in [9.17, 15) is 0 Å². The van der Waals surface area contributed by atoms with E-state index in [-0.39, 0.29) is 0 Å². The van der Waals surface area contributed by atoms with Gasteiger partial charge in [-0.2, -0.15) is 0 Å². The minimum Gasteiger partial charge on any atom is -0.495 e. The smallest absolute Gasteiger partial charge is 0.137 e. The third-order valence-corrected chi connectivity index (χ3v) is 5.22. The Bertz CT molecular complexity index is 747. The van der Waals surface area contributed by atoms with E-state index in [4.69, 9.17) is 4.74 Å². The van der Waals surface area contributed by atoms with Gasteiger partial charge in [0, 0.05) is 37.5 Å². The average Bonchev–Trinajstić information content (AvgIpc) is 2.92. The van der Waals surface area contributed by atoms with Crippen molar-refractivity contribution in [2.45, 2.75) is 25.8 Å². The molecule has 2 aromatic rings.